The average molecular weight is 345 g/mol. The topological polar surface area (TPSA) is 77.6 Å². The number of carbonyl (C=O) groups is 2. The van der Waals surface area contributed by atoms with E-state index in [2.05, 4.69) is 32.3 Å². The maximum absolute atomic E-state index is 12.2. The molecule has 3 heterocycles. The molecule has 2 aliphatic heterocycles. The van der Waals surface area contributed by atoms with Crippen molar-refractivity contribution in [2.45, 2.75) is 26.3 Å². The lowest BCUT2D eigenvalue weighted by Gasteiger charge is -2.34. The van der Waals surface area contributed by atoms with Gasteiger partial charge in [0.05, 0.1) is 5.92 Å². The lowest BCUT2D eigenvalue weighted by molar-refractivity contribution is -0.129. The normalized spacial score (nSPS) is 21.7. The molecule has 2 saturated heterocycles. The van der Waals surface area contributed by atoms with Gasteiger partial charge in [-0.25, -0.2) is 4.98 Å². The van der Waals surface area contributed by atoms with Crippen molar-refractivity contribution >= 4 is 17.6 Å². The van der Waals surface area contributed by atoms with Crippen molar-refractivity contribution < 1.29 is 9.59 Å². The van der Waals surface area contributed by atoms with E-state index in [1.54, 1.807) is 0 Å². The van der Waals surface area contributed by atoms with E-state index in [0.29, 0.717) is 25.9 Å². The minimum absolute atomic E-state index is 0.000218. The number of hydrogen-bond donors (Lipinski definition) is 2. The number of amides is 2. The zero-order valence-electron chi connectivity index (χ0n) is 14.8. The first-order chi connectivity index (χ1) is 12.2. The molecular formula is C18H27N5O2. The molecule has 2 aliphatic rings. The molecule has 0 unspecified atom stereocenters. The van der Waals surface area contributed by atoms with Crippen LogP contribution in [0.2, 0.25) is 0 Å². The zero-order valence-corrected chi connectivity index (χ0v) is 14.8. The SMILES string of the molecule is CCN1CCN(c2ccc(CNC(=O)[C@@H]3CCC(=O)NC3)cn2)CC1. The number of hydrogen-bond acceptors (Lipinski definition) is 5. The molecule has 3 rings (SSSR count). The summed E-state index contributed by atoms with van der Waals surface area (Å²) in [6, 6.07) is 4.06. The first-order valence-electron chi connectivity index (χ1n) is 9.12. The number of pyridine rings is 1. The monoisotopic (exact) mass is 345 g/mol. The minimum Gasteiger partial charge on any atom is -0.355 e. The Morgan fingerprint density at radius 3 is 2.72 bits per heavy atom. The number of aromatic nitrogens is 1. The van der Waals surface area contributed by atoms with Gasteiger partial charge in [-0.1, -0.05) is 13.0 Å². The average Bonchev–Trinajstić information content (AvgIpc) is 2.67. The van der Waals surface area contributed by atoms with E-state index in [-0.39, 0.29) is 17.7 Å². The molecule has 1 aromatic rings. The van der Waals surface area contributed by atoms with Gasteiger partial charge >= 0.3 is 0 Å². The van der Waals surface area contributed by atoms with Crippen LogP contribution in [0.5, 0.6) is 0 Å². The Labute approximate surface area is 148 Å². The fourth-order valence-electron chi connectivity index (χ4n) is 3.29. The van der Waals surface area contributed by atoms with Crippen molar-refractivity contribution in [3.05, 3.63) is 23.9 Å². The van der Waals surface area contributed by atoms with Gasteiger partial charge in [0.25, 0.3) is 0 Å². The molecule has 0 radical (unpaired) electrons. The first-order valence-corrected chi connectivity index (χ1v) is 9.12. The summed E-state index contributed by atoms with van der Waals surface area (Å²) in [7, 11) is 0. The van der Waals surface area contributed by atoms with Gasteiger partial charge in [0, 0.05) is 51.9 Å². The lowest BCUT2D eigenvalue weighted by Crippen LogP contribution is -2.46. The summed E-state index contributed by atoms with van der Waals surface area (Å²) in [6.45, 7) is 8.37. The maximum Gasteiger partial charge on any atom is 0.225 e. The maximum atomic E-state index is 12.2. The number of carbonyl (C=O) groups excluding carboxylic acids is 2. The molecule has 7 nitrogen and oxygen atoms in total. The number of nitrogens with zero attached hydrogens (tertiary/aromatic N) is 3. The van der Waals surface area contributed by atoms with E-state index >= 15 is 0 Å². The van der Waals surface area contributed by atoms with Crippen molar-refractivity contribution in [3.63, 3.8) is 0 Å². The molecule has 0 bridgehead atoms. The fourth-order valence-corrected chi connectivity index (χ4v) is 3.29. The summed E-state index contributed by atoms with van der Waals surface area (Å²) in [5.74, 6) is 0.906. The molecule has 136 valence electrons. The van der Waals surface area contributed by atoms with Gasteiger partial charge in [-0.2, -0.15) is 0 Å². The van der Waals surface area contributed by atoms with Crippen LogP contribution in [0.4, 0.5) is 5.82 Å². The van der Waals surface area contributed by atoms with E-state index in [1.165, 1.54) is 0 Å². The summed E-state index contributed by atoms with van der Waals surface area (Å²) in [4.78, 5) is 32.6. The van der Waals surface area contributed by atoms with E-state index < -0.39 is 0 Å². The third-order valence-corrected chi connectivity index (χ3v) is 5.06. The van der Waals surface area contributed by atoms with Crippen LogP contribution in [0.15, 0.2) is 18.3 Å². The molecule has 1 aromatic heterocycles. The Kier molecular flexibility index (Phi) is 5.86. The number of likely N-dealkylation sites (N-methyl/N-ethyl adjacent to an activating group) is 1. The van der Waals surface area contributed by atoms with Gasteiger partial charge < -0.3 is 20.4 Å². The standard InChI is InChI=1S/C18H27N5O2/c1-2-22-7-9-23(10-8-22)16-5-3-14(11-19-16)12-21-18(25)15-4-6-17(24)20-13-15/h3,5,11,15H,2,4,6-10,12-13H2,1H3,(H,20,24)(H,21,25)/t15-/m1/s1. The smallest absolute Gasteiger partial charge is 0.225 e. The van der Waals surface area contributed by atoms with Crippen LogP contribution in [0.25, 0.3) is 0 Å². The number of piperazine rings is 1. The van der Waals surface area contributed by atoms with E-state index in [1.807, 2.05) is 18.3 Å². The highest BCUT2D eigenvalue weighted by atomic mass is 16.2. The second-order valence-corrected chi connectivity index (χ2v) is 6.70. The van der Waals surface area contributed by atoms with Crippen LogP contribution >= 0.6 is 0 Å². The summed E-state index contributed by atoms with van der Waals surface area (Å²) in [6.07, 6.45) is 2.89. The van der Waals surface area contributed by atoms with Crippen LogP contribution in [0.1, 0.15) is 25.3 Å². The Bertz CT molecular complexity index is 586. The van der Waals surface area contributed by atoms with Crippen LogP contribution in [-0.2, 0) is 16.1 Å². The van der Waals surface area contributed by atoms with Gasteiger partial charge in [-0.05, 0) is 24.6 Å². The van der Waals surface area contributed by atoms with Gasteiger partial charge in [-0.3, -0.25) is 9.59 Å². The summed E-state index contributed by atoms with van der Waals surface area (Å²) in [5, 5.41) is 5.69. The van der Waals surface area contributed by atoms with E-state index in [9.17, 15) is 9.59 Å². The van der Waals surface area contributed by atoms with Crippen LogP contribution in [0, 0.1) is 5.92 Å². The van der Waals surface area contributed by atoms with Gasteiger partial charge in [-0.15, -0.1) is 0 Å². The molecule has 0 spiro atoms. The second-order valence-electron chi connectivity index (χ2n) is 6.70. The number of nitrogens with one attached hydrogen (secondary N) is 2. The minimum atomic E-state index is -0.125. The Hall–Kier alpha value is -2.15. The van der Waals surface area contributed by atoms with Crippen LogP contribution < -0.4 is 15.5 Å². The predicted octanol–water partition coefficient (Wildman–Crippen LogP) is 0.366. The molecule has 1 atom stereocenters. The second kappa shape index (κ2) is 8.29. The van der Waals surface area contributed by atoms with Crippen molar-refractivity contribution in [2.24, 2.45) is 5.92 Å². The third kappa shape index (κ3) is 4.69. The molecule has 0 aliphatic carbocycles. The molecule has 7 heteroatoms. The molecule has 0 saturated carbocycles. The fraction of sp³-hybridized carbons (Fsp3) is 0.611. The first kappa shape index (κ1) is 17.7. The number of piperidine rings is 1. The lowest BCUT2D eigenvalue weighted by atomic mass is 9.98. The van der Waals surface area contributed by atoms with Crippen LogP contribution in [0.3, 0.4) is 0 Å². The van der Waals surface area contributed by atoms with E-state index in [0.717, 1.165) is 44.1 Å². The van der Waals surface area contributed by atoms with Crippen molar-refractivity contribution in [2.75, 3.05) is 44.2 Å². The molecule has 2 fully saturated rings. The summed E-state index contributed by atoms with van der Waals surface area (Å²) in [5.41, 5.74) is 0.990. The van der Waals surface area contributed by atoms with Crippen molar-refractivity contribution in [3.8, 4) is 0 Å². The summed E-state index contributed by atoms with van der Waals surface area (Å²) >= 11 is 0. The van der Waals surface area contributed by atoms with E-state index in [4.69, 9.17) is 0 Å². The Balaban J connectivity index is 1.46. The molecule has 2 N–H and O–H groups in total. The highest BCUT2D eigenvalue weighted by Crippen LogP contribution is 2.15. The Morgan fingerprint density at radius 2 is 2.12 bits per heavy atom. The predicted molar refractivity (Wildman–Crippen MR) is 96.1 cm³/mol. The highest BCUT2D eigenvalue weighted by molar-refractivity contribution is 5.83. The van der Waals surface area contributed by atoms with Gasteiger partial charge in [0.1, 0.15) is 5.82 Å². The zero-order chi connectivity index (χ0) is 17.6. The number of anilines is 1. The van der Waals surface area contributed by atoms with Crippen molar-refractivity contribution in [1.29, 1.82) is 0 Å². The van der Waals surface area contributed by atoms with Gasteiger partial charge in [0.2, 0.25) is 11.8 Å². The third-order valence-electron chi connectivity index (χ3n) is 5.06. The number of rotatable bonds is 5. The molecule has 25 heavy (non-hydrogen) atoms. The molecular weight excluding hydrogens is 318 g/mol. The molecule has 2 amide bonds. The highest BCUT2D eigenvalue weighted by Gasteiger charge is 2.24. The van der Waals surface area contributed by atoms with Crippen LogP contribution in [-0.4, -0.2) is 61.0 Å². The molecule has 0 aromatic carbocycles. The van der Waals surface area contributed by atoms with Crippen molar-refractivity contribution in [1.82, 2.24) is 20.5 Å². The van der Waals surface area contributed by atoms with Gasteiger partial charge in [0.15, 0.2) is 0 Å². The summed E-state index contributed by atoms with van der Waals surface area (Å²) < 4.78 is 0. The Morgan fingerprint density at radius 1 is 1.32 bits per heavy atom. The quantitative estimate of drug-likeness (QED) is 0.806. The largest absolute Gasteiger partial charge is 0.355 e.